The van der Waals surface area contributed by atoms with Gasteiger partial charge in [-0.2, -0.15) is 0 Å². The van der Waals surface area contributed by atoms with E-state index >= 15 is 0 Å². The first-order valence-corrected chi connectivity index (χ1v) is 11.4. The maximum Gasteiger partial charge on any atom is 0.108 e. The average molecular weight is 400 g/mol. The standard InChI is InChI=1S/C27H30NP/c1-21-19-22(2)26(23(3)20-21)29(18-17-27(4,5)6)28(24-13-9-7-10-14-24)25-15-11-8-12-16-25/h7-16,19-20H,1-6H3. The van der Waals surface area contributed by atoms with E-state index in [9.17, 15) is 0 Å². The van der Waals surface area contributed by atoms with Crippen LogP contribution in [0.3, 0.4) is 0 Å². The molecule has 0 aliphatic carbocycles. The van der Waals surface area contributed by atoms with Crippen molar-refractivity contribution in [1.29, 1.82) is 0 Å². The highest BCUT2D eigenvalue weighted by Gasteiger charge is 2.25. The van der Waals surface area contributed by atoms with Crippen molar-refractivity contribution >= 4 is 24.8 Å². The summed E-state index contributed by atoms with van der Waals surface area (Å²) in [5.74, 6) is 3.55. The zero-order valence-corrected chi connectivity index (χ0v) is 19.2. The molecule has 0 aliphatic heterocycles. The number of nitrogens with zero attached hydrogens (tertiary/aromatic N) is 1. The molecule has 1 unspecified atom stereocenters. The van der Waals surface area contributed by atoms with Crippen LogP contribution in [0.15, 0.2) is 72.8 Å². The summed E-state index contributed by atoms with van der Waals surface area (Å²) in [7, 11) is -0.918. The van der Waals surface area contributed by atoms with Gasteiger partial charge in [0.1, 0.15) is 8.07 Å². The summed E-state index contributed by atoms with van der Waals surface area (Å²) in [5.41, 5.74) is 9.94. The second-order valence-corrected chi connectivity index (χ2v) is 10.2. The zero-order chi connectivity index (χ0) is 21.0. The molecule has 1 atom stereocenters. The van der Waals surface area contributed by atoms with Crippen molar-refractivity contribution in [2.75, 3.05) is 4.67 Å². The van der Waals surface area contributed by atoms with Crippen molar-refractivity contribution < 1.29 is 0 Å². The van der Waals surface area contributed by atoms with E-state index in [1.165, 1.54) is 33.4 Å². The van der Waals surface area contributed by atoms with Gasteiger partial charge in [-0.25, -0.2) is 0 Å². The lowest BCUT2D eigenvalue weighted by Gasteiger charge is -2.32. The fourth-order valence-electron chi connectivity index (χ4n) is 3.45. The average Bonchev–Trinajstić information content (AvgIpc) is 2.66. The Morgan fingerprint density at radius 2 is 1.17 bits per heavy atom. The number of para-hydroxylation sites is 2. The first kappa shape index (κ1) is 21.2. The third kappa shape index (κ3) is 5.29. The van der Waals surface area contributed by atoms with Crippen molar-refractivity contribution in [3.63, 3.8) is 0 Å². The summed E-state index contributed by atoms with van der Waals surface area (Å²) in [6, 6.07) is 25.8. The van der Waals surface area contributed by atoms with Crippen molar-refractivity contribution in [2.24, 2.45) is 5.41 Å². The Kier molecular flexibility index (Phi) is 6.46. The van der Waals surface area contributed by atoms with Crippen LogP contribution in [0.5, 0.6) is 0 Å². The Morgan fingerprint density at radius 1 is 0.724 bits per heavy atom. The summed E-state index contributed by atoms with van der Waals surface area (Å²) < 4.78 is 2.43. The van der Waals surface area contributed by atoms with E-state index in [4.69, 9.17) is 0 Å². The highest BCUT2D eigenvalue weighted by atomic mass is 31.1. The van der Waals surface area contributed by atoms with Crippen LogP contribution in [-0.4, -0.2) is 0 Å². The molecule has 3 aromatic carbocycles. The van der Waals surface area contributed by atoms with Gasteiger partial charge < -0.3 is 4.67 Å². The van der Waals surface area contributed by atoms with Crippen molar-refractivity contribution in [2.45, 2.75) is 41.5 Å². The molecule has 3 rings (SSSR count). The number of benzene rings is 3. The Morgan fingerprint density at radius 3 is 1.59 bits per heavy atom. The van der Waals surface area contributed by atoms with E-state index in [0.717, 1.165) is 0 Å². The number of hydrogen-bond donors (Lipinski definition) is 0. The Balaban J connectivity index is 2.28. The molecule has 0 heterocycles. The molecule has 0 N–H and O–H groups in total. The predicted octanol–water partition coefficient (Wildman–Crippen LogP) is 7.48. The third-order valence-corrected chi connectivity index (χ3v) is 6.90. The smallest absolute Gasteiger partial charge is 0.108 e. The molecule has 0 aromatic heterocycles. The predicted molar refractivity (Wildman–Crippen MR) is 129 cm³/mol. The molecule has 0 saturated heterocycles. The van der Waals surface area contributed by atoms with Crippen LogP contribution in [0.1, 0.15) is 37.5 Å². The van der Waals surface area contributed by atoms with Crippen LogP contribution < -0.4 is 9.97 Å². The van der Waals surface area contributed by atoms with E-state index in [2.05, 4.69) is 131 Å². The third-order valence-electron chi connectivity index (χ3n) is 4.59. The van der Waals surface area contributed by atoms with E-state index in [-0.39, 0.29) is 5.41 Å². The molecule has 0 spiro atoms. The Bertz CT molecular complexity index is 958. The first-order chi connectivity index (χ1) is 13.8. The molecule has 1 nitrogen and oxygen atoms in total. The zero-order valence-electron chi connectivity index (χ0n) is 18.3. The van der Waals surface area contributed by atoms with E-state index in [1.807, 2.05) is 0 Å². The maximum absolute atomic E-state index is 3.71. The largest absolute Gasteiger partial charge is 0.306 e. The Hall–Kier alpha value is -2.55. The van der Waals surface area contributed by atoms with Crippen LogP contribution in [-0.2, 0) is 0 Å². The second-order valence-electron chi connectivity index (χ2n) is 8.53. The maximum atomic E-state index is 3.71. The van der Waals surface area contributed by atoms with Gasteiger partial charge in [0, 0.05) is 22.1 Å². The minimum absolute atomic E-state index is 0.0495. The van der Waals surface area contributed by atoms with Crippen molar-refractivity contribution in [1.82, 2.24) is 0 Å². The molecule has 0 radical (unpaired) electrons. The minimum Gasteiger partial charge on any atom is -0.306 e. The van der Waals surface area contributed by atoms with E-state index in [0.29, 0.717) is 0 Å². The van der Waals surface area contributed by atoms with Crippen molar-refractivity contribution in [3.8, 4) is 11.6 Å². The molecule has 0 saturated carbocycles. The lowest BCUT2D eigenvalue weighted by molar-refractivity contribution is 0.571. The second kappa shape index (κ2) is 8.86. The molecule has 148 valence electrons. The van der Waals surface area contributed by atoms with Crippen LogP contribution in [0, 0.1) is 37.8 Å². The lowest BCUT2D eigenvalue weighted by atomic mass is 9.99. The van der Waals surface area contributed by atoms with Crippen LogP contribution in [0.4, 0.5) is 11.4 Å². The molecular weight excluding hydrogens is 369 g/mol. The molecule has 0 fully saturated rings. The van der Waals surface area contributed by atoms with Gasteiger partial charge >= 0.3 is 0 Å². The van der Waals surface area contributed by atoms with Gasteiger partial charge in [-0.05, 0) is 82.6 Å². The molecule has 29 heavy (non-hydrogen) atoms. The number of anilines is 2. The summed E-state index contributed by atoms with van der Waals surface area (Å²) in [6.07, 6.45) is 0. The molecule has 0 amide bonds. The first-order valence-electron chi connectivity index (χ1n) is 10.1. The van der Waals surface area contributed by atoms with E-state index < -0.39 is 8.07 Å². The Labute approximate surface area is 177 Å². The van der Waals surface area contributed by atoms with E-state index in [1.54, 1.807) is 0 Å². The quantitative estimate of drug-likeness (QED) is 0.325. The fourth-order valence-corrected chi connectivity index (χ4v) is 5.83. The van der Waals surface area contributed by atoms with Gasteiger partial charge in [0.05, 0.1) is 0 Å². The van der Waals surface area contributed by atoms with Crippen LogP contribution >= 0.6 is 8.07 Å². The minimum atomic E-state index is -0.918. The van der Waals surface area contributed by atoms with Gasteiger partial charge in [-0.3, -0.25) is 0 Å². The monoisotopic (exact) mass is 399 g/mol. The summed E-state index contributed by atoms with van der Waals surface area (Å²) in [4.78, 5) is 0. The molecule has 0 bridgehead atoms. The van der Waals surface area contributed by atoms with Gasteiger partial charge in [-0.1, -0.05) is 60.0 Å². The highest BCUT2D eigenvalue weighted by Crippen LogP contribution is 2.49. The van der Waals surface area contributed by atoms with Gasteiger partial charge in [-0.15, -0.1) is 0 Å². The number of rotatable bonds is 4. The summed E-state index contributed by atoms with van der Waals surface area (Å²) >= 11 is 0. The van der Waals surface area contributed by atoms with Gasteiger partial charge in [0.2, 0.25) is 0 Å². The summed E-state index contributed by atoms with van der Waals surface area (Å²) in [5, 5.41) is 1.36. The lowest BCUT2D eigenvalue weighted by Crippen LogP contribution is -2.21. The van der Waals surface area contributed by atoms with Gasteiger partial charge in [0.15, 0.2) is 0 Å². The number of hydrogen-bond acceptors (Lipinski definition) is 1. The van der Waals surface area contributed by atoms with Gasteiger partial charge in [0.25, 0.3) is 0 Å². The highest BCUT2D eigenvalue weighted by molar-refractivity contribution is 7.72. The molecule has 0 aliphatic rings. The number of aryl methyl sites for hydroxylation is 3. The molecule has 3 aromatic rings. The molecule has 2 heteroatoms. The topological polar surface area (TPSA) is 3.24 Å². The van der Waals surface area contributed by atoms with Crippen LogP contribution in [0.25, 0.3) is 0 Å². The van der Waals surface area contributed by atoms with Crippen LogP contribution in [0.2, 0.25) is 0 Å². The normalized spacial score (nSPS) is 12.1. The summed E-state index contributed by atoms with van der Waals surface area (Å²) in [6.45, 7) is 13.1. The SMILES string of the molecule is Cc1cc(C)c(P(C#CC(C)(C)C)N(c2ccccc2)c2ccccc2)c(C)c1. The van der Waals surface area contributed by atoms with Crippen molar-refractivity contribution in [3.05, 3.63) is 89.5 Å². The molecular formula is C27H30NP. The fraction of sp³-hybridized carbons (Fsp3) is 0.259.